The van der Waals surface area contributed by atoms with E-state index in [9.17, 15) is 9.59 Å². The lowest BCUT2D eigenvalue weighted by Gasteiger charge is -2.38. The van der Waals surface area contributed by atoms with Gasteiger partial charge in [-0.15, -0.1) is 0 Å². The van der Waals surface area contributed by atoms with Crippen molar-refractivity contribution < 1.29 is 24.2 Å². The van der Waals surface area contributed by atoms with E-state index >= 15 is 0 Å². The first-order valence-electron chi connectivity index (χ1n) is 7.59. The zero-order valence-corrected chi connectivity index (χ0v) is 12.5. The van der Waals surface area contributed by atoms with Crippen LogP contribution in [0.1, 0.15) is 26.2 Å². The third kappa shape index (κ3) is 4.57. The van der Waals surface area contributed by atoms with Crippen molar-refractivity contribution >= 4 is 12.0 Å². The first kappa shape index (κ1) is 16.0. The van der Waals surface area contributed by atoms with E-state index in [-0.39, 0.29) is 18.6 Å². The Balaban J connectivity index is 1.81. The molecule has 0 saturated carbocycles. The van der Waals surface area contributed by atoms with Crippen molar-refractivity contribution in [1.29, 1.82) is 0 Å². The van der Waals surface area contributed by atoms with Crippen molar-refractivity contribution in [1.82, 2.24) is 9.80 Å². The molecular weight excluding hydrogens is 276 g/mol. The number of carboxylic acid groups (broad SMARTS) is 1. The second kappa shape index (κ2) is 7.61. The molecule has 1 N–H and O–H groups in total. The van der Waals surface area contributed by atoms with Gasteiger partial charge in [-0.3, -0.25) is 4.79 Å². The SMILES string of the molecule is CCOC1CCN(C(=O)N2CCOC(CC(=O)O)C2)CC1. The summed E-state index contributed by atoms with van der Waals surface area (Å²) >= 11 is 0. The normalized spacial score (nSPS) is 24.1. The zero-order valence-electron chi connectivity index (χ0n) is 12.5. The first-order chi connectivity index (χ1) is 10.1. The van der Waals surface area contributed by atoms with Crippen LogP contribution < -0.4 is 0 Å². The molecule has 0 bridgehead atoms. The van der Waals surface area contributed by atoms with Crippen LogP contribution in [0, 0.1) is 0 Å². The second-order valence-electron chi connectivity index (χ2n) is 5.46. The molecule has 2 aliphatic heterocycles. The summed E-state index contributed by atoms with van der Waals surface area (Å²) in [5.74, 6) is -0.896. The van der Waals surface area contributed by atoms with Crippen LogP contribution in [0.25, 0.3) is 0 Å². The summed E-state index contributed by atoms with van der Waals surface area (Å²) in [5.41, 5.74) is 0. The minimum atomic E-state index is -0.896. The Morgan fingerprint density at radius 1 is 1.24 bits per heavy atom. The topological polar surface area (TPSA) is 79.3 Å². The highest BCUT2D eigenvalue weighted by Crippen LogP contribution is 2.17. The Bertz CT molecular complexity index is 368. The average Bonchev–Trinajstić information content (AvgIpc) is 2.47. The summed E-state index contributed by atoms with van der Waals surface area (Å²) in [4.78, 5) is 26.7. The van der Waals surface area contributed by atoms with Crippen molar-refractivity contribution in [2.24, 2.45) is 0 Å². The molecule has 2 amide bonds. The van der Waals surface area contributed by atoms with Gasteiger partial charge >= 0.3 is 12.0 Å². The Kier molecular flexibility index (Phi) is 5.81. The van der Waals surface area contributed by atoms with Gasteiger partial charge in [0.25, 0.3) is 0 Å². The predicted octanol–water partition coefficient (Wildman–Crippen LogP) is 0.783. The summed E-state index contributed by atoms with van der Waals surface area (Å²) in [6, 6.07) is -0.0105. The second-order valence-corrected chi connectivity index (χ2v) is 5.46. The molecule has 0 aromatic heterocycles. The van der Waals surface area contributed by atoms with E-state index in [0.29, 0.717) is 39.4 Å². The van der Waals surface area contributed by atoms with Crippen LogP contribution in [0.2, 0.25) is 0 Å². The van der Waals surface area contributed by atoms with Gasteiger partial charge in [0.05, 0.1) is 25.2 Å². The number of piperidine rings is 1. The zero-order chi connectivity index (χ0) is 15.2. The number of urea groups is 1. The van der Waals surface area contributed by atoms with Gasteiger partial charge < -0.3 is 24.4 Å². The molecule has 2 fully saturated rings. The van der Waals surface area contributed by atoms with Crippen LogP contribution in [0.3, 0.4) is 0 Å². The fourth-order valence-corrected chi connectivity index (χ4v) is 2.86. The van der Waals surface area contributed by atoms with Crippen LogP contribution in [0.15, 0.2) is 0 Å². The lowest BCUT2D eigenvalue weighted by atomic mass is 10.1. The van der Waals surface area contributed by atoms with Gasteiger partial charge in [-0.05, 0) is 19.8 Å². The lowest BCUT2D eigenvalue weighted by Crippen LogP contribution is -2.53. The largest absolute Gasteiger partial charge is 0.481 e. The van der Waals surface area contributed by atoms with Crippen molar-refractivity contribution in [2.75, 3.05) is 39.4 Å². The Morgan fingerprint density at radius 2 is 1.95 bits per heavy atom. The van der Waals surface area contributed by atoms with E-state index < -0.39 is 12.1 Å². The van der Waals surface area contributed by atoms with E-state index in [4.69, 9.17) is 14.6 Å². The highest BCUT2D eigenvalue weighted by molar-refractivity contribution is 5.75. The molecule has 7 heteroatoms. The molecule has 2 aliphatic rings. The number of likely N-dealkylation sites (tertiary alicyclic amines) is 1. The highest BCUT2D eigenvalue weighted by Gasteiger charge is 2.30. The fourth-order valence-electron chi connectivity index (χ4n) is 2.86. The minimum absolute atomic E-state index is 0.0105. The number of hydrogen-bond acceptors (Lipinski definition) is 4. The number of ether oxygens (including phenoxy) is 2. The maximum absolute atomic E-state index is 12.5. The number of hydrogen-bond donors (Lipinski definition) is 1. The number of carbonyl (C=O) groups is 2. The molecule has 1 atom stereocenters. The molecule has 0 aliphatic carbocycles. The van der Waals surface area contributed by atoms with Gasteiger partial charge in [0.1, 0.15) is 0 Å². The van der Waals surface area contributed by atoms with E-state index in [1.807, 2.05) is 11.8 Å². The van der Waals surface area contributed by atoms with Crippen molar-refractivity contribution in [2.45, 2.75) is 38.4 Å². The van der Waals surface area contributed by atoms with Gasteiger partial charge in [0.2, 0.25) is 0 Å². The fraction of sp³-hybridized carbons (Fsp3) is 0.857. The van der Waals surface area contributed by atoms with Gasteiger partial charge in [0.15, 0.2) is 0 Å². The maximum atomic E-state index is 12.5. The van der Waals surface area contributed by atoms with Crippen molar-refractivity contribution in [3.05, 3.63) is 0 Å². The lowest BCUT2D eigenvalue weighted by molar-refractivity contribution is -0.141. The molecule has 0 spiro atoms. The molecule has 120 valence electrons. The molecule has 0 aromatic carbocycles. The summed E-state index contributed by atoms with van der Waals surface area (Å²) in [5, 5.41) is 8.81. The van der Waals surface area contributed by atoms with Gasteiger partial charge in [0, 0.05) is 32.8 Å². The molecule has 1 unspecified atom stereocenters. The van der Waals surface area contributed by atoms with Crippen molar-refractivity contribution in [3.63, 3.8) is 0 Å². The molecule has 2 rings (SSSR count). The standard InChI is InChI=1S/C14H24N2O5/c1-2-20-11-3-5-15(6-4-11)14(19)16-7-8-21-12(10-16)9-13(17)18/h11-12H,2-10H2,1H3,(H,17,18). The van der Waals surface area contributed by atoms with E-state index in [1.165, 1.54) is 0 Å². The number of nitrogens with zero attached hydrogens (tertiary/aromatic N) is 2. The Hall–Kier alpha value is -1.34. The molecular formula is C14H24N2O5. The van der Waals surface area contributed by atoms with Crippen LogP contribution in [-0.4, -0.2) is 78.5 Å². The Labute approximate surface area is 124 Å². The van der Waals surface area contributed by atoms with E-state index in [2.05, 4.69) is 0 Å². The van der Waals surface area contributed by atoms with Crippen LogP contribution in [0.5, 0.6) is 0 Å². The number of rotatable bonds is 4. The highest BCUT2D eigenvalue weighted by atomic mass is 16.5. The summed E-state index contributed by atoms with van der Waals surface area (Å²) in [7, 11) is 0. The van der Waals surface area contributed by atoms with E-state index in [0.717, 1.165) is 12.8 Å². The molecule has 7 nitrogen and oxygen atoms in total. The summed E-state index contributed by atoms with van der Waals surface area (Å²) < 4.78 is 11.0. The van der Waals surface area contributed by atoms with Crippen LogP contribution in [-0.2, 0) is 14.3 Å². The van der Waals surface area contributed by atoms with Gasteiger partial charge in [-0.1, -0.05) is 0 Å². The molecule has 21 heavy (non-hydrogen) atoms. The predicted molar refractivity (Wildman–Crippen MR) is 75.2 cm³/mol. The smallest absolute Gasteiger partial charge is 0.320 e. The maximum Gasteiger partial charge on any atom is 0.320 e. The number of carboxylic acids is 1. The summed E-state index contributed by atoms with van der Waals surface area (Å²) in [6.07, 6.45) is 1.52. The van der Waals surface area contributed by atoms with Crippen molar-refractivity contribution in [3.8, 4) is 0 Å². The average molecular weight is 300 g/mol. The Morgan fingerprint density at radius 3 is 2.57 bits per heavy atom. The first-order valence-corrected chi connectivity index (χ1v) is 7.59. The van der Waals surface area contributed by atoms with Crippen LogP contribution >= 0.6 is 0 Å². The molecule has 0 aromatic rings. The molecule has 0 radical (unpaired) electrons. The number of morpholine rings is 1. The van der Waals surface area contributed by atoms with E-state index in [1.54, 1.807) is 4.90 Å². The van der Waals surface area contributed by atoms with Crippen LogP contribution in [0.4, 0.5) is 4.79 Å². The number of carbonyl (C=O) groups excluding carboxylic acids is 1. The monoisotopic (exact) mass is 300 g/mol. The minimum Gasteiger partial charge on any atom is -0.481 e. The molecule has 2 heterocycles. The third-order valence-corrected chi connectivity index (χ3v) is 3.93. The molecule has 2 saturated heterocycles. The summed E-state index contributed by atoms with van der Waals surface area (Å²) in [6.45, 7) is 5.37. The third-order valence-electron chi connectivity index (χ3n) is 3.93. The number of aliphatic carboxylic acids is 1. The van der Waals surface area contributed by atoms with Gasteiger partial charge in [-0.2, -0.15) is 0 Å². The number of amides is 2. The van der Waals surface area contributed by atoms with Gasteiger partial charge in [-0.25, -0.2) is 4.79 Å². The quantitative estimate of drug-likeness (QED) is 0.830.